The third kappa shape index (κ3) is 3.49. The van der Waals surface area contributed by atoms with Crippen molar-refractivity contribution in [1.82, 2.24) is 0 Å². The van der Waals surface area contributed by atoms with E-state index in [1.807, 2.05) is 24.3 Å². The number of nitrogens with two attached hydrogens (primary N) is 1. The predicted octanol–water partition coefficient (Wildman–Crippen LogP) is 3.14. The van der Waals surface area contributed by atoms with Gasteiger partial charge in [0.1, 0.15) is 0 Å². The first-order valence-electron chi connectivity index (χ1n) is 5.01. The zero-order valence-electron chi connectivity index (χ0n) is 9.21. The first-order valence-corrected chi connectivity index (χ1v) is 7.75. The van der Waals surface area contributed by atoms with Crippen molar-refractivity contribution in [3.8, 4) is 0 Å². The maximum atomic E-state index is 11.1. The molecule has 0 unspecified atom stereocenters. The number of hydrogen-bond acceptors (Lipinski definition) is 3. The molecule has 0 aliphatic rings. The van der Waals surface area contributed by atoms with Crippen molar-refractivity contribution in [3.63, 3.8) is 0 Å². The summed E-state index contributed by atoms with van der Waals surface area (Å²) in [6, 6.07) is 13.9. The third-order valence-electron chi connectivity index (χ3n) is 2.20. The number of rotatable bonds is 3. The summed E-state index contributed by atoms with van der Waals surface area (Å²) < 4.78 is 22.2. The highest BCUT2D eigenvalue weighted by atomic mass is 35.5. The van der Waals surface area contributed by atoms with E-state index in [4.69, 9.17) is 16.7 Å². The number of primary sulfonamides is 1. The van der Waals surface area contributed by atoms with E-state index in [1.54, 1.807) is 12.1 Å². The van der Waals surface area contributed by atoms with Gasteiger partial charge in [-0.1, -0.05) is 23.4 Å². The van der Waals surface area contributed by atoms with Gasteiger partial charge in [0.05, 0.1) is 4.90 Å². The molecule has 0 amide bonds. The molecular formula is C12H10ClNO2S2. The highest BCUT2D eigenvalue weighted by Gasteiger charge is 2.07. The van der Waals surface area contributed by atoms with Crippen molar-refractivity contribution >= 4 is 33.4 Å². The summed E-state index contributed by atoms with van der Waals surface area (Å²) in [5, 5.41) is 5.71. The minimum absolute atomic E-state index is 0.114. The van der Waals surface area contributed by atoms with E-state index in [-0.39, 0.29) is 4.90 Å². The van der Waals surface area contributed by atoms with Gasteiger partial charge < -0.3 is 0 Å². The summed E-state index contributed by atoms with van der Waals surface area (Å²) in [4.78, 5) is 2.08. The van der Waals surface area contributed by atoms with Crippen LogP contribution in [0.15, 0.2) is 63.2 Å². The smallest absolute Gasteiger partial charge is 0.225 e. The Labute approximate surface area is 115 Å². The van der Waals surface area contributed by atoms with Crippen molar-refractivity contribution in [3.05, 3.63) is 53.6 Å². The van der Waals surface area contributed by atoms with Crippen LogP contribution in [0.5, 0.6) is 0 Å². The fourth-order valence-electron chi connectivity index (χ4n) is 1.34. The van der Waals surface area contributed by atoms with Crippen LogP contribution in [0.2, 0.25) is 5.02 Å². The van der Waals surface area contributed by atoms with Crippen LogP contribution in [0, 0.1) is 0 Å². The Hall–Kier alpha value is -1.01. The average molecular weight is 300 g/mol. The molecule has 6 heteroatoms. The Bertz CT molecular complexity index is 637. The maximum Gasteiger partial charge on any atom is 0.238 e. The van der Waals surface area contributed by atoms with Gasteiger partial charge in [0.25, 0.3) is 0 Å². The number of halogens is 1. The molecule has 0 aliphatic heterocycles. The van der Waals surface area contributed by atoms with Gasteiger partial charge in [-0.25, -0.2) is 13.6 Å². The fourth-order valence-corrected chi connectivity index (χ4v) is 2.79. The first kappa shape index (κ1) is 13.4. The second kappa shape index (κ2) is 5.32. The monoisotopic (exact) mass is 299 g/mol. The highest BCUT2D eigenvalue weighted by Crippen LogP contribution is 2.29. The SMILES string of the molecule is NS(=O)(=O)c1ccc(Sc2ccc(Cl)cc2)cc1. The van der Waals surface area contributed by atoms with E-state index in [0.29, 0.717) is 5.02 Å². The third-order valence-corrected chi connectivity index (χ3v) is 4.40. The van der Waals surface area contributed by atoms with Gasteiger partial charge in [0, 0.05) is 14.8 Å². The van der Waals surface area contributed by atoms with Gasteiger partial charge >= 0.3 is 0 Å². The van der Waals surface area contributed by atoms with Crippen LogP contribution in [0.25, 0.3) is 0 Å². The largest absolute Gasteiger partial charge is 0.238 e. The summed E-state index contributed by atoms with van der Waals surface area (Å²) in [6.45, 7) is 0. The lowest BCUT2D eigenvalue weighted by molar-refractivity contribution is 0.597. The zero-order chi connectivity index (χ0) is 13.2. The second-order valence-corrected chi connectivity index (χ2v) is 6.72. The Kier molecular flexibility index (Phi) is 3.97. The summed E-state index contributed by atoms with van der Waals surface area (Å²) >= 11 is 7.32. The summed E-state index contributed by atoms with van der Waals surface area (Å²) in [7, 11) is -3.62. The molecule has 0 spiro atoms. The van der Waals surface area contributed by atoms with Gasteiger partial charge in [-0.2, -0.15) is 0 Å². The van der Waals surface area contributed by atoms with Crippen molar-refractivity contribution < 1.29 is 8.42 Å². The number of sulfonamides is 1. The summed E-state index contributed by atoms with van der Waals surface area (Å²) in [5.74, 6) is 0. The van der Waals surface area contributed by atoms with Gasteiger partial charge in [-0.05, 0) is 48.5 Å². The fraction of sp³-hybridized carbons (Fsp3) is 0. The molecule has 2 aromatic carbocycles. The molecule has 0 bridgehead atoms. The Morgan fingerprint density at radius 2 is 1.33 bits per heavy atom. The highest BCUT2D eigenvalue weighted by molar-refractivity contribution is 7.99. The van der Waals surface area contributed by atoms with Gasteiger partial charge in [0.2, 0.25) is 10.0 Å². The molecule has 0 aliphatic carbocycles. The Balaban J connectivity index is 2.18. The molecule has 2 N–H and O–H groups in total. The molecule has 0 radical (unpaired) electrons. The number of benzene rings is 2. The molecule has 2 rings (SSSR count). The molecule has 0 atom stereocenters. The molecule has 18 heavy (non-hydrogen) atoms. The van der Waals surface area contributed by atoms with Crippen LogP contribution >= 0.6 is 23.4 Å². The van der Waals surface area contributed by atoms with E-state index < -0.39 is 10.0 Å². The van der Waals surface area contributed by atoms with Crippen molar-refractivity contribution in [2.24, 2.45) is 5.14 Å². The Morgan fingerprint density at radius 1 is 0.889 bits per heavy atom. The maximum absolute atomic E-state index is 11.1. The molecule has 0 aromatic heterocycles. The molecular weight excluding hydrogens is 290 g/mol. The van der Waals surface area contributed by atoms with Gasteiger partial charge in [-0.15, -0.1) is 0 Å². The van der Waals surface area contributed by atoms with E-state index in [2.05, 4.69) is 0 Å². The molecule has 0 saturated heterocycles. The minimum atomic E-state index is -3.62. The Morgan fingerprint density at radius 3 is 1.78 bits per heavy atom. The lowest BCUT2D eigenvalue weighted by Crippen LogP contribution is -2.11. The average Bonchev–Trinajstić information content (AvgIpc) is 2.32. The van der Waals surface area contributed by atoms with Gasteiger partial charge in [-0.3, -0.25) is 0 Å². The van der Waals surface area contributed by atoms with Crippen LogP contribution in [0.3, 0.4) is 0 Å². The molecule has 0 fully saturated rings. The normalized spacial score (nSPS) is 11.4. The lowest BCUT2D eigenvalue weighted by atomic mass is 10.4. The van der Waals surface area contributed by atoms with E-state index >= 15 is 0 Å². The summed E-state index contributed by atoms with van der Waals surface area (Å²) in [5.41, 5.74) is 0. The van der Waals surface area contributed by atoms with Crippen molar-refractivity contribution in [2.75, 3.05) is 0 Å². The topological polar surface area (TPSA) is 60.2 Å². The lowest BCUT2D eigenvalue weighted by Gasteiger charge is -2.03. The zero-order valence-corrected chi connectivity index (χ0v) is 11.6. The molecule has 0 heterocycles. The predicted molar refractivity (Wildman–Crippen MR) is 73.4 cm³/mol. The second-order valence-electron chi connectivity index (χ2n) is 3.57. The minimum Gasteiger partial charge on any atom is -0.225 e. The molecule has 0 saturated carbocycles. The van der Waals surface area contributed by atoms with Crippen molar-refractivity contribution in [1.29, 1.82) is 0 Å². The van der Waals surface area contributed by atoms with E-state index in [1.165, 1.54) is 23.9 Å². The van der Waals surface area contributed by atoms with Crippen LogP contribution < -0.4 is 5.14 Å². The van der Waals surface area contributed by atoms with E-state index in [0.717, 1.165) is 9.79 Å². The molecule has 3 nitrogen and oxygen atoms in total. The van der Waals surface area contributed by atoms with Crippen LogP contribution in [-0.2, 0) is 10.0 Å². The number of hydrogen-bond donors (Lipinski definition) is 1. The van der Waals surface area contributed by atoms with Crippen LogP contribution in [0.4, 0.5) is 0 Å². The van der Waals surface area contributed by atoms with Crippen molar-refractivity contribution in [2.45, 2.75) is 14.7 Å². The standard InChI is InChI=1S/C12H10ClNO2S2/c13-9-1-3-10(4-2-9)17-11-5-7-12(8-6-11)18(14,15)16/h1-8H,(H2,14,15,16). The quantitative estimate of drug-likeness (QED) is 0.947. The van der Waals surface area contributed by atoms with E-state index in [9.17, 15) is 8.42 Å². The van der Waals surface area contributed by atoms with Crippen LogP contribution in [-0.4, -0.2) is 8.42 Å². The summed E-state index contributed by atoms with van der Waals surface area (Å²) in [6.07, 6.45) is 0. The molecule has 2 aromatic rings. The van der Waals surface area contributed by atoms with Gasteiger partial charge in [0.15, 0.2) is 0 Å². The van der Waals surface area contributed by atoms with Crippen LogP contribution in [0.1, 0.15) is 0 Å². The first-order chi connectivity index (χ1) is 8.45. The molecule has 94 valence electrons.